The van der Waals surface area contributed by atoms with Crippen LogP contribution in [-0.4, -0.2) is 29.3 Å². The minimum atomic E-state index is -0.754. The predicted molar refractivity (Wildman–Crippen MR) is 86.7 cm³/mol. The van der Waals surface area contributed by atoms with Crippen LogP contribution in [-0.2, 0) is 9.53 Å². The van der Waals surface area contributed by atoms with E-state index in [-0.39, 0.29) is 30.1 Å². The maximum atomic E-state index is 12.4. The molecule has 5 heteroatoms. The molecule has 2 N–H and O–H groups in total. The summed E-state index contributed by atoms with van der Waals surface area (Å²) in [4.78, 5) is 12.4. The van der Waals surface area contributed by atoms with Crippen LogP contribution in [0, 0.1) is 5.92 Å². The lowest BCUT2D eigenvalue weighted by molar-refractivity contribution is -0.134. The molecule has 0 aromatic heterocycles. The summed E-state index contributed by atoms with van der Waals surface area (Å²) in [5, 5.41) is 13.9. The predicted octanol–water partition coefficient (Wildman–Crippen LogP) is 3.08. The Morgan fingerprint density at radius 1 is 1.27 bits per heavy atom. The van der Waals surface area contributed by atoms with E-state index in [1.807, 2.05) is 20.8 Å². The molecule has 1 amide bonds. The largest absolute Gasteiger partial charge is 0.386 e. The molecule has 1 aromatic carbocycles. The van der Waals surface area contributed by atoms with Crippen molar-refractivity contribution in [3.63, 3.8) is 0 Å². The highest BCUT2D eigenvalue weighted by Crippen LogP contribution is 2.26. The molecular weight excluding hydrogens is 302 g/mol. The van der Waals surface area contributed by atoms with Gasteiger partial charge in [-0.25, -0.2) is 0 Å². The molecule has 1 aromatic rings. The van der Waals surface area contributed by atoms with Gasteiger partial charge in [0.05, 0.1) is 24.4 Å². The van der Waals surface area contributed by atoms with Crippen LogP contribution in [0.2, 0.25) is 5.02 Å². The van der Waals surface area contributed by atoms with Gasteiger partial charge in [-0.3, -0.25) is 4.79 Å². The first kappa shape index (κ1) is 17.3. The van der Waals surface area contributed by atoms with Crippen molar-refractivity contribution in [2.24, 2.45) is 5.92 Å². The van der Waals surface area contributed by atoms with E-state index in [2.05, 4.69) is 5.32 Å². The van der Waals surface area contributed by atoms with Gasteiger partial charge in [0.25, 0.3) is 0 Å². The number of halogens is 1. The Morgan fingerprint density at radius 2 is 1.82 bits per heavy atom. The summed E-state index contributed by atoms with van der Waals surface area (Å²) in [5.41, 5.74) is 0.742. The number of nitrogens with one attached hydrogen (secondary N) is 1. The molecule has 122 valence electrons. The van der Waals surface area contributed by atoms with Crippen LogP contribution < -0.4 is 5.32 Å². The number of aliphatic hydroxyl groups excluding tert-OH is 1. The van der Waals surface area contributed by atoms with E-state index in [4.69, 9.17) is 16.3 Å². The first-order chi connectivity index (χ1) is 10.4. The van der Waals surface area contributed by atoms with Crippen LogP contribution in [0.5, 0.6) is 0 Å². The molecule has 4 unspecified atom stereocenters. The Morgan fingerprint density at radius 3 is 2.36 bits per heavy atom. The summed E-state index contributed by atoms with van der Waals surface area (Å²) in [6.45, 7) is 5.78. The quantitative estimate of drug-likeness (QED) is 0.894. The minimum Gasteiger partial charge on any atom is -0.386 e. The number of aliphatic hydroxyl groups is 1. The lowest BCUT2D eigenvalue weighted by Crippen LogP contribution is -2.44. The fourth-order valence-electron chi connectivity index (χ4n) is 2.99. The summed E-state index contributed by atoms with van der Waals surface area (Å²) in [6, 6.07) is 6.65. The minimum absolute atomic E-state index is 0.0116. The van der Waals surface area contributed by atoms with Gasteiger partial charge in [-0.2, -0.15) is 0 Å². The average Bonchev–Trinajstić information content (AvgIpc) is 2.46. The van der Waals surface area contributed by atoms with E-state index in [9.17, 15) is 9.90 Å². The number of ether oxygens (including phenoxy) is 1. The smallest absolute Gasteiger partial charge is 0.223 e. The van der Waals surface area contributed by atoms with Gasteiger partial charge in [0, 0.05) is 10.9 Å². The summed E-state index contributed by atoms with van der Waals surface area (Å²) >= 11 is 5.85. The van der Waals surface area contributed by atoms with Crippen molar-refractivity contribution in [2.75, 3.05) is 0 Å². The third kappa shape index (κ3) is 4.45. The number of rotatable bonds is 4. The van der Waals surface area contributed by atoms with Crippen LogP contribution in [0.25, 0.3) is 0 Å². The number of carbonyl (C=O) groups excluding carboxylic acids is 1. The highest BCUT2D eigenvalue weighted by atomic mass is 35.5. The maximum Gasteiger partial charge on any atom is 0.223 e. The third-order valence-corrected chi connectivity index (χ3v) is 4.38. The third-order valence-electron chi connectivity index (χ3n) is 4.12. The first-order valence-corrected chi connectivity index (χ1v) is 8.14. The number of hydrogen-bond donors (Lipinski definition) is 2. The molecule has 1 fully saturated rings. The topological polar surface area (TPSA) is 58.6 Å². The number of carbonyl (C=O) groups is 1. The Kier molecular flexibility index (Phi) is 5.84. The summed E-state index contributed by atoms with van der Waals surface area (Å²) in [7, 11) is 0. The zero-order valence-corrected chi connectivity index (χ0v) is 14.0. The molecule has 1 aliphatic heterocycles. The van der Waals surface area contributed by atoms with Gasteiger partial charge >= 0.3 is 0 Å². The highest BCUT2D eigenvalue weighted by Gasteiger charge is 2.31. The zero-order valence-electron chi connectivity index (χ0n) is 13.3. The highest BCUT2D eigenvalue weighted by molar-refractivity contribution is 6.30. The zero-order chi connectivity index (χ0) is 16.3. The standard InChI is InChI=1S/C17H24ClNO3/c1-10-8-14(9-11(2)22-10)17(21)19-12(3)16(20)13-4-6-15(18)7-5-13/h4-7,10-12,14,16,20H,8-9H2,1-3H3,(H,19,21). The van der Waals surface area contributed by atoms with Crippen molar-refractivity contribution in [2.45, 2.75) is 58.0 Å². The van der Waals surface area contributed by atoms with Crippen molar-refractivity contribution in [1.29, 1.82) is 0 Å². The molecule has 0 bridgehead atoms. The molecule has 0 spiro atoms. The molecule has 2 rings (SSSR count). The van der Waals surface area contributed by atoms with Crippen LogP contribution >= 0.6 is 11.6 Å². The van der Waals surface area contributed by atoms with Gasteiger partial charge in [0.1, 0.15) is 0 Å². The molecule has 0 aliphatic carbocycles. The molecule has 0 radical (unpaired) electrons. The van der Waals surface area contributed by atoms with Crippen molar-refractivity contribution in [1.82, 2.24) is 5.32 Å². The van der Waals surface area contributed by atoms with Crippen LogP contribution in [0.15, 0.2) is 24.3 Å². The Labute approximate surface area is 136 Å². The molecule has 1 saturated heterocycles. The van der Waals surface area contributed by atoms with E-state index in [0.717, 1.165) is 18.4 Å². The fraction of sp³-hybridized carbons (Fsp3) is 0.588. The van der Waals surface area contributed by atoms with Crippen LogP contribution in [0.3, 0.4) is 0 Å². The fourth-order valence-corrected chi connectivity index (χ4v) is 3.12. The second-order valence-electron chi connectivity index (χ2n) is 6.22. The van der Waals surface area contributed by atoms with Gasteiger partial charge in [-0.05, 0) is 51.3 Å². The molecule has 1 heterocycles. The molecule has 22 heavy (non-hydrogen) atoms. The lowest BCUT2D eigenvalue weighted by Gasteiger charge is -2.32. The average molecular weight is 326 g/mol. The summed E-state index contributed by atoms with van der Waals surface area (Å²) in [5.74, 6) is -0.0684. The maximum absolute atomic E-state index is 12.4. The van der Waals surface area contributed by atoms with Gasteiger partial charge in [0.2, 0.25) is 5.91 Å². The first-order valence-electron chi connectivity index (χ1n) is 7.76. The van der Waals surface area contributed by atoms with E-state index in [1.165, 1.54) is 0 Å². The molecule has 0 saturated carbocycles. The Bertz CT molecular complexity index is 495. The van der Waals surface area contributed by atoms with E-state index in [0.29, 0.717) is 5.02 Å². The summed E-state index contributed by atoms with van der Waals surface area (Å²) in [6.07, 6.45) is 0.878. The second-order valence-corrected chi connectivity index (χ2v) is 6.66. The Hall–Kier alpha value is -1.10. The van der Waals surface area contributed by atoms with E-state index in [1.54, 1.807) is 24.3 Å². The number of amides is 1. The number of hydrogen-bond acceptors (Lipinski definition) is 3. The van der Waals surface area contributed by atoms with Crippen molar-refractivity contribution >= 4 is 17.5 Å². The van der Waals surface area contributed by atoms with E-state index >= 15 is 0 Å². The normalized spacial score (nSPS) is 28.0. The van der Waals surface area contributed by atoms with Gasteiger partial charge in [0.15, 0.2) is 0 Å². The lowest BCUT2D eigenvalue weighted by atomic mass is 9.91. The van der Waals surface area contributed by atoms with Crippen molar-refractivity contribution in [3.8, 4) is 0 Å². The second kappa shape index (κ2) is 7.44. The van der Waals surface area contributed by atoms with Gasteiger partial charge in [-0.1, -0.05) is 23.7 Å². The van der Waals surface area contributed by atoms with Crippen molar-refractivity contribution < 1.29 is 14.6 Å². The monoisotopic (exact) mass is 325 g/mol. The SMILES string of the molecule is CC1CC(C(=O)NC(C)C(O)c2ccc(Cl)cc2)CC(C)O1. The number of benzene rings is 1. The molecular formula is C17H24ClNO3. The Balaban J connectivity index is 1.94. The molecule has 4 nitrogen and oxygen atoms in total. The molecule has 1 aliphatic rings. The summed E-state index contributed by atoms with van der Waals surface area (Å²) < 4.78 is 5.66. The van der Waals surface area contributed by atoms with Crippen LogP contribution in [0.4, 0.5) is 0 Å². The van der Waals surface area contributed by atoms with Gasteiger partial charge < -0.3 is 15.2 Å². The van der Waals surface area contributed by atoms with Gasteiger partial charge in [-0.15, -0.1) is 0 Å². The van der Waals surface area contributed by atoms with Crippen LogP contribution in [0.1, 0.15) is 45.3 Å². The van der Waals surface area contributed by atoms with E-state index < -0.39 is 6.10 Å². The van der Waals surface area contributed by atoms with Crippen molar-refractivity contribution in [3.05, 3.63) is 34.9 Å². The molecule has 4 atom stereocenters.